The zero-order valence-corrected chi connectivity index (χ0v) is 10.5. The van der Waals surface area contributed by atoms with Gasteiger partial charge < -0.3 is 5.21 Å². The summed E-state index contributed by atoms with van der Waals surface area (Å²) in [6, 6.07) is 8.45. The van der Waals surface area contributed by atoms with Gasteiger partial charge in [-0.2, -0.15) is 0 Å². The predicted octanol–water partition coefficient (Wildman–Crippen LogP) is 0.838. The van der Waals surface area contributed by atoms with E-state index in [4.69, 9.17) is 0 Å². The van der Waals surface area contributed by atoms with Crippen molar-refractivity contribution in [3.05, 3.63) is 68.0 Å². The van der Waals surface area contributed by atoms with Gasteiger partial charge in [-0.3, -0.25) is 9.78 Å². The molecule has 0 aliphatic heterocycles. The highest BCUT2D eigenvalue weighted by Gasteiger charge is 2.12. The van der Waals surface area contributed by atoms with Crippen molar-refractivity contribution in [2.24, 2.45) is 5.16 Å². The maximum Gasteiger partial charge on any atom is 0.334 e. The third-order valence-electron chi connectivity index (χ3n) is 2.71. The molecule has 0 saturated carbocycles. The number of nitrogens with zero attached hydrogens (tertiary/aromatic N) is 2. The van der Waals surface area contributed by atoms with Crippen LogP contribution in [0, 0.1) is 13.8 Å². The highest BCUT2D eigenvalue weighted by atomic mass is 16.4. The van der Waals surface area contributed by atoms with E-state index in [1.165, 1.54) is 6.07 Å². The highest BCUT2D eigenvalue weighted by molar-refractivity contribution is 6.00. The summed E-state index contributed by atoms with van der Waals surface area (Å²) >= 11 is 0. The van der Waals surface area contributed by atoms with Gasteiger partial charge >= 0.3 is 5.69 Å². The molecule has 6 heteroatoms. The van der Waals surface area contributed by atoms with E-state index in [-0.39, 0.29) is 5.84 Å². The molecule has 0 aliphatic carbocycles. The summed E-state index contributed by atoms with van der Waals surface area (Å²) in [5.41, 5.74) is 0.816. The molecular formula is C13H13N3O3. The van der Waals surface area contributed by atoms with Gasteiger partial charge in [0.1, 0.15) is 0 Å². The molecule has 98 valence electrons. The largest absolute Gasteiger partial charge is 0.409 e. The molecule has 1 aromatic heterocycles. The van der Waals surface area contributed by atoms with Crippen molar-refractivity contribution in [3.8, 4) is 0 Å². The number of aryl methyl sites for hydroxylation is 2. The zero-order chi connectivity index (χ0) is 14.0. The molecule has 19 heavy (non-hydrogen) atoms. The Balaban J connectivity index is 2.69. The number of oxime groups is 1. The van der Waals surface area contributed by atoms with Crippen LogP contribution < -0.4 is 11.2 Å². The van der Waals surface area contributed by atoms with Crippen LogP contribution in [0.4, 0.5) is 0 Å². The van der Waals surface area contributed by atoms with Crippen molar-refractivity contribution in [3.63, 3.8) is 0 Å². The second-order valence-corrected chi connectivity index (χ2v) is 4.21. The SMILES string of the molecule is Cc1cccc(/C(=N/O)n2c(C)cc(=O)[nH]c2=O)c1. The molecule has 1 aromatic carbocycles. The van der Waals surface area contributed by atoms with Crippen molar-refractivity contribution in [2.45, 2.75) is 13.8 Å². The first kappa shape index (κ1) is 12.8. The average molecular weight is 259 g/mol. The van der Waals surface area contributed by atoms with Crippen molar-refractivity contribution in [2.75, 3.05) is 0 Å². The van der Waals surface area contributed by atoms with Crippen LogP contribution >= 0.6 is 0 Å². The molecule has 0 aliphatic rings. The van der Waals surface area contributed by atoms with Crippen LogP contribution in [-0.2, 0) is 0 Å². The van der Waals surface area contributed by atoms with Gasteiger partial charge in [-0.05, 0) is 19.9 Å². The highest BCUT2D eigenvalue weighted by Crippen LogP contribution is 2.07. The van der Waals surface area contributed by atoms with Gasteiger partial charge in [0.2, 0.25) is 0 Å². The minimum atomic E-state index is -0.640. The van der Waals surface area contributed by atoms with E-state index in [9.17, 15) is 14.8 Å². The Labute approximate surface area is 108 Å². The smallest absolute Gasteiger partial charge is 0.334 e. The number of aromatic nitrogens is 2. The Kier molecular flexibility index (Phi) is 3.33. The lowest BCUT2D eigenvalue weighted by Crippen LogP contribution is -2.36. The molecule has 1 heterocycles. The minimum absolute atomic E-state index is 0.0717. The Morgan fingerprint density at radius 3 is 2.58 bits per heavy atom. The number of H-pyrrole nitrogens is 1. The van der Waals surface area contributed by atoms with Crippen molar-refractivity contribution < 1.29 is 5.21 Å². The molecule has 0 spiro atoms. The van der Waals surface area contributed by atoms with Crippen molar-refractivity contribution in [1.29, 1.82) is 0 Å². The summed E-state index contributed by atoms with van der Waals surface area (Å²) in [6.45, 7) is 3.48. The third-order valence-corrected chi connectivity index (χ3v) is 2.71. The first-order valence-electron chi connectivity index (χ1n) is 5.65. The lowest BCUT2D eigenvalue weighted by molar-refractivity contribution is 0.317. The second-order valence-electron chi connectivity index (χ2n) is 4.21. The average Bonchev–Trinajstić information content (AvgIpc) is 2.33. The quantitative estimate of drug-likeness (QED) is 0.344. The van der Waals surface area contributed by atoms with Gasteiger partial charge in [0.05, 0.1) is 0 Å². The Morgan fingerprint density at radius 2 is 2.00 bits per heavy atom. The van der Waals surface area contributed by atoms with E-state index < -0.39 is 11.2 Å². The monoisotopic (exact) mass is 259 g/mol. The molecule has 6 nitrogen and oxygen atoms in total. The van der Waals surface area contributed by atoms with Crippen LogP contribution in [0.2, 0.25) is 0 Å². The fraction of sp³-hybridized carbons (Fsp3) is 0.154. The summed E-state index contributed by atoms with van der Waals surface area (Å²) in [7, 11) is 0. The molecule has 0 fully saturated rings. The lowest BCUT2D eigenvalue weighted by Gasteiger charge is -2.10. The van der Waals surface area contributed by atoms with Gasteiger partial charge in [-0.1, -0.05) is 28.9 Å². The molecule has 0 radical (unpaired) electrons. The van der Waals surface area contributed by atoms with Crippen LogP contribution in [0.3, 0.4) is 0 Å². The Hall–Kier alpha value is -2.63. The Morgan fingerprint density at radius 1 is 1.26 bits per heavy atom. The number of hydrogen-bond donors (Lipinski definition) is 2. The molecular weight excluding hydrogens is 246 g/mol. The van der Waals surface area contributed by atoms with Gasteiger partial charge in [0, 0.05) is 17.3 Å². The number of nitrogens with one attached hydrogen (secondary N) is 1. The summed E-state index contributed by atoms with van der Waals surface area (Å²) in [6.07, 6.45) is 0. The molecule has 0 bridgehead atoms. The first-order chi connectivity index (χ1) is 9.02. The van der Waals surface area contributed by atoms with Gasteiger partial charge in [0.15, 0.2) is 5.84 Å². The molecule has 2 aromatic rings. The topological polar surface area (TPSA) is 87.4 Å². The minimum Gasteiger partial charge on any atom is -0.409 e. The van der Waals surface area contributed by atoms with E-state index in [0.29, 0.717) is 11.3 Å². The molecule has 0 saturated heterocycles. The van der Waals surface area contributed by atoms with Crippen LogP contribution in [0.1, 0.15) is 16.8 Å². The molecule has 2 rings (SSSR count). The predicted molar refractivity (Wildman–Crippen MR) is 71.0 cm³/mol. The fourth-order valence-electron chi connectivity index (χ4n) is 1.89. The standard InChI is InChI=1S/C13H13N3O3/c1-8-4-3-5-10(6-8)12(15-19)16-9(2)7-11(17)14-13(16)18/h3-7,19H,1-2H3,(H,14,17,18)/b15-12-. The third kappa shape index (κ3) is 2.47. The first-order valence-corrected chi connectivity index (χ1v) is 5.65. The van der Waals surface area contributed by atoms with E-state index in [2.05, 4.69) is 10.1 Å². The Bertz CT molecular complexity index is 756. The van der Waals surface area contributed by atoms with Crippen molar-refractivity contribution in [1.82, 2.24) is 9.55 Å². The van der Waals surface area contributed by atoms with E-state index >= 15 is 0 Å². The van der Waals surface area contributed by atoms with Gasteiger partial charge in [-0.25, -0.2) is 9.36 Å². The van der Waals surface area contributed by atoms with Crippen LogP contribution in [0.5, 0.6) is 0 Å². The maximum atomic E-state index is 11.8. The zero-order valence-electron chi connectivity index (χ0n) is 10.5. The summed E-state index contributed by atoms with van der Waals surface area (Å²) < 4.78 is 1.15. The van der Waals surface area contributed by atoms with E-state index in [1.54, 1.807) is 25.1 Å². The summed E-state index contributed by atoms with van der Waals surface area (Å²) in [5, 5.41) is 12.4. The van der Waals surface area contributed by atoms with Crippen LogP contribution in [0.15, 0.2) is 45.1 Å². The van der Waals surface area contributed by atoms with E-state index in [0.717, 1.165) is 10.1 Å². The summed E-state index contributed by atoms with van der Waals surface area (Å²) in [4.78, 5) is 25.2. The summed E-state index contributed by atoms with van der Waals surface area (Å²) in [5.74, 6) is 0.0717. The van der Waals surface area contributed by atoms with Gasteiger partial charge in [0.25, 0.3) is 5.56 Å². The maximum absolute atomic E-state index is 11.8. The van der Waals surface area contributed by atoms with E-state index in [1.807, 2.05) is 13.0 Å². The number of aromatic amines is 1. The lowest BCUT2D eigenvalue weighted by atomic mass is 10.1. The number of rotatable bonds is 1. The normalized spacial score (nSPS) is 11.6. The number of hydrogen-bond acceptors (Lipinski definition) is 4. The molecule has 2 N–H and O–H groups in total. The second kappa shape index (κ2) is 4.93. The molecule has 0 unspecified atom stereocenters. The van der Waals surface area contributed by atoms with Crippen molar-refractivity contribution >= 4 is 5.84 Å². The molecule has 0 atom stereocenters. The number of benzene rings is 1. The molecule has 0 amide bonds. The van der Waals surface area contributed by atoms with Gasteiger partial charge in [-0.15, -0.1) is 0 Å². The van der Waals surface area contributed by atoms with Crippen LogP contribution in [0.25, 0.3) is 0 Å². The fourth-order valence-corrected chi connectivity index (χ4v) is 1.89. The van der Waals surface area contributed by atoms with Crippen LogP contribution in [-0.4, -0.2) is 20.6 Å².